The second-order valence-corrected chi connectivity index (χ2v) is 7.18. The SMILES string of the molecule is O=C(O)CCc1cc2n(n1)CCCN(C(=O)[C@@H]1COc3ccccc3C1)C2. The minimum atomic E-state index is -0.826. The van der Waals surface area contributed by atoms with Crippen LogP contribution < -0.4 is 4.74 Å². The molecule has 27 heavy (non-hydrogen) atoms. The molecular formula is C20H23N3O4. The molecule has 142 valence electrons. The summed E-state index contributed by atoms with van der Waals surface area (Å²) < 4.78 is 7.70. The number of hydrogen-bond acceptors (Lipinski definition) is 4. The summed E-state index contributed by atoms with van der Waals surface area (Å²) in [6.07, 6.45) is 2.02. The van der Waals surface area contributed by atoms with E-state index in [1.54, 1.807) is 0 Å². The van der Waals surface area contributed by atoms with Gasteiger partial charge in [0.15, 0.2) is 0 Å². The van der Waals surface area contributed by atoms with E-state index in [2.05, 4.69) is 5.10 Å². The van der Waals surface area contributed by atoms with Crippen molar-refractivity contribution in [3.05, 3.63) is 47.3 Å². The third-order valence-electron chi connectivity index (χ3n) is 5.20. The fourth-order valence-corrected chi connectivity index (χ4v) is 3.81. The Balaban J connectivity index is 1.45. The van der Waals surface area contributed by atoms with Crippen molar-refractivity contribution < 1.29 is 19.4 Å². The van der Waals surface area contributed by atoms with Gasteiger partial charge in [-0.05, 0) is 30.5 Å². The highest BCUT2D eigenvalue weighted by molar-refractivity contribution is 5.79. The van der Waals surface area contributed by atoms with E-state index >= 15 is 0 Å². The zero-order chi connectivity index (χ0) is 18.8. The monoisotopic (exact) mass is 369 g/mol. The molecule has 7 heteroatoms. The number of aryl methyl sites for hydroxylation is 2. The molecule has 1 N–H and O–H groups in total. The van der Waals surface area contributed by atoms with Crippen molar-refractivity contribution in [3.63, 3.8) is 0 Å². The second kappa shape index (κ2) is 7.42. The van der Waals surface area contributed by atoms with E-state index in [4.69, 9.17) is 9.84 Å². The van der Waals surface area contributed by atoms with Crippen LogP contribution in [-0.4, -0.2) is 44.8 Å². The number of carbonyl (C=O) groups excluding carboxylic acids is 1. The van der Waals surface area contributed by atoms with Crippen LogP contribution >= 0.6 is 0 Å². The lowest BCUT2D eigenvalue weighted by molar-refractivity contribution is -0.138. The standard InChI is InChI=1S/C20H23N3O4/c24-19(25)7-6-16-11-17-12-22(8-3-9-23(17)21-16)20(26)15-10-14-4-1-2-5-18(14)27-13-15/h1-2,4-5,11,15H,3,6-10,12-13H2,(H,24,25)/t15-/m0/s1. The maximum absolute atomic E-state index is 13.1. The highest BCUT2D eigenvalue weighted by Crippen LogP contribution is 2.28. The Morgan fingerprint density at radius 3 is 2.96 bits per heavy atom. The van der Waals surface area contributed by atoms with Crippen LogP contribution in [0.4, 0.5) is 0 Å². The summed E-state index contributed by atoms with van der Waals surface area (Å²) in [6.45, 7) is 2.37. The molecule has 4 rings (SSSR count). The number of ether oxygens (including phenoxy) is 1. The maximum atomic E-state index is 13.1. The Bertz CT molecular complexity index is 861. The number of carboxylic acids is 1. The first-order chi connectivity index (χ1) is 13.1. The van der Waals surface area contributed by atoms with Gasteiger partial charge in [0, 0.05) is 19.5 Å². The minimum absolute atomic E-state index is 0.0674. The molecule has 7 nitrogen and oxygen atoms in total. The van der Waals surface area contributed by atoms with E-state index in [9.17, 15) is 9.59 Å². The van der Waals surface area contributed by atoms with Crippen LogP contribution in [0.5, 0.6) is 5.75 Å². The van der Waals surface area contributed by atoms with Gasteiger partial charge in [-0.2, -0.15) is 5.10 Å². The summed E-state index contributed by atoms with van der Waals surface area (Å²) in [5.74, 6) is -0.00163. The summed E-state index contributed by atoms with van der Waals surface area (Å²) in [5, 5.41) is 13.4. The molecule has 0 unspecified atom stereocenters. The smallest absolute Gasteiger partial charge is 0.303 e. The normalized spacial score (nSPS) is 18.8. The molecule has 1 amide bonds. The maximum Gasteiger partial charge on any atom is 0.303 e. The van der Waals surface area contributed by atoms with E-state index in [-0.39, 0.29) is 18.2 Å². The van der Waals surface area contributed by atoms with Crippen LogP contribution in [0.15, 0.2) is 30.3 Å². The zero-order valence-corrected chi connectivity index (χ0v) is 15.1. The molecule has 0 saturated carbocycles. The Morgan fingerprint density at radius 1 is 1.26 bits per heavy atom. The van der Waals surface area contributed by atoms with Crippen LogP contribution in [0.25, 0.3) is 0 Å². The molecular weight excluding hydrogens is 346 g/mol. The van der Waals surface area contributed by atoms with E-state index < -0.39 is 5.97 Å². The van der Waals surface area contributed by atoms with E-state index in [0.717, 1.165) is 35.7 Å². The minimum Gasteiger partial charge on any atom is -0.492 e. The second-order valence-electron chi connectivity index (χ2n) is 7.18. The number of amides is 1. The lowest BCUT2D eigenvalue weighted by Gasteiger charge is -2.29. The molecule has 2 aliphatic rings. The number of benzene rings is 1. The molecule has 0 bridgehead atoms. The first-order valence-corrected chi connectivity index (χ1v) is 9.37. The number of aromatic nitrogens is 2. The number of hydrogen-bond donors (Lipinski definition) is 1. The number of carboxylic acid groups (broad SMARTS) is 1. The van der Waals surface area contributed by atoms with E-state index in [1.807, 2.05) is 39.9 Å². The van der Waals surface area contributed by atoms with Crippen molar-refractivity contribution in [1.29, 1.82) is 0 Å². The summed E-state index contributed by atoms with van der Waals surface area (Å²) in [5.41, 5.74) is 2.83. The first-order valence-electron chi connectivity index (χ1n) is 9.37. The molecule has 0 spiro atoms. The highest BCUT2D eigenvalue weighted by atomic mass is 16.5. The summed E-state index contributed by atoms with van der Waals surface area (Å²) in [7, 11) is 0. The summed E-state index contributed by atoms with van der Waals surface area (Å²) in [6, 6.07) is 9.80. The fraction of sp³-hybridized carbons (Fsp3) is 0.450. The largest absolute Gasteiger partial charge is 0.492 e. The molecule has 3 heterocycles. The van der Waals surface area contributed by atoms with Crippen molar-refractivity contribution in [3.8, 4) is 5.75 Å². The van der Waals surface area contributed by atoms with Crippen molar-refractivity contribution in [2.24, 2.45) is 5.92 Å². The Kier molecular flexibility index (Phi) is 4.83. The van der Waals surface area contributed by atoms with Gasteiger partial charge in [0.2, 0.25) is 5.91 Å². The summed E-state index contributed by atoms with van der Waals surface area (Å²) >= 11 is 0. The third kappa shape index (κ3) is 3.82. The average Bonchev–Trinajstić information content (AvgIpc) is 2.95. The molecule has 1 atom stereocenters. The highest BCUT2D eigenvalue weighted by Gasteiger charge is 2.31. The fourth-order valence-electron chi connectivity index (χ4n) is 3.81. The van der Waals surface area contributed by atoms with Gasteiger partial charge in [0.05, 0.1) is 30.3 Å². The van der Waals surface area contributed by atoms with Crippen molar-refractivity contribution >= 4 is 11.9 Å². The average molecular weight is 369 g/mol. The van der Waals surface area contributed by atoms with Gasteiger partial charge in [0.25, 0.3) is 0 Å². The predicted octanol–water partition coefficient (Wildman–Crippen LogP) is 1.88. The number of rotatable bonds is 4. The number of para-hydroxylation sites is 1. The van der Waals surface area contributed by atoms with Crippen LogP contribution in [0.1, 0.15) is 29.8 Å². The van der Waals surface area contributed by atoms with E-state index in [1.165, 1.54) is 0 Å². The van der Waals surface area contributed by atoms with Gasteiger partial charge >= 0.3 is 5.97 Å². The van der Waals surface area contributed by atoms with Gasteiger partial charge in [-0.3, -0.25) is 14.3 Å². The van der Waals surface area contributed by atoms with Gasteiger partial charge in [-0.1, -0.05) is 18.2 Å². The Morgan fingerprint density at radius 2 is 2.11 bits per heavy atom. The predicted molar refractivity (Wildman–Crippen MR) is 97.3 cm³/mol. The van der Waals surface area contributed by atoms with Crippen LogP contribution in [0, 0.1) is 5.92 Å². The van der Waals surface area contributed by atoms with Crippen LogP contribution in [0.2, 0.25) is 0 Å². The molecule has 1 aromatic heterocycles. The molecule has 2 aromatic rings. The topological polar surface area (TPSA) is 84.7 Å². The molecule has 0 fully saturated rings. The van der Waals surface area contributed by atoms with Gasteiger partial charge in [-0.15, -0.1) is 0 Å². The van der Waals surface area contributed by atoms with Gasteiger partial charge < -0.3 is 14.7 Å². The lowest BCUT2D eigenvalue weighted by atomic mass is 9.95. The molecule has 0 radical (unpaired) electrons. The van der Waals surface area contributed by atoms with Crippen molar-refractivity contribution in [1.82, 2.24) is 14.7 Å². The Labute approximate surface area is 157 Å². The third-order valence-corrected chi connectivity index (χ3v) is 5.20. The molecule has 0 saturated heterocycles. The number of fused-ring (bicyclic) bond motifs is 2. The summed E-state index contributed by atoms with van der Waals surface area (Å²) in [4.78, 5) is 25.8. The molecule has 1 aromatic carbocycles. The zero-order valence-electron chi connectivity index (χ0n) is 15.1. The molecule has 2 aliphatic heterocycles. The van der Waals surface area contributed by atoms with Gasteiger partial charge in [0.1, 0.15) is 12.4 Å². The Hall–Kier alpha value is -2.83. The van der Waals surface area contributed by atoms with Crippen molar-refractivity contribution in [2.45, 2.75) is 38.8 Å². The van der Waals surface area contributed by atoms with Crippen molar-refractivity contribution in [2.75, 3.05) is 13.2 Å². The number of nitrogens with zero attached hydrogens (tertiary/aromatic N) is 3. The van der Waals surface area contributed by atoms with Crippen LogP contribution in [0.3, 0.4) is 0 Å². The number of carbonyl (C=O) groups is 2. The quantitative estimate of drug-likeness (QED) is 0.890. The van der Waals surface area contributed by atoms with Crippen LogP contribution in [-0.2, 0) is 35.5 Å². The lowest BCUT2D eigenvalue weighted by Crippen LogP contribution is -2.40. The first kappa shape index (κ1) is 17.6. The van der Waals surface area contributed by atoms with Gasteiger partial charge in [-0.25, -0.2) is 0 Å². The molecule has 0 aliphatic carbocycles. The van der Waals surface area contributed by atoms with E-state index in [0.29, 0.717) is 32.5 Å². The number of aliphatic carboxylic acids is 1.